The third-order valence-corrected chi connectivity index (χ3v) is 6.39. The molecule has 144 valence electrons. The van der Waals surface area contributed by atoms with E-state index in [1.165, 1.54) is 18.2 Å². The molecule has 2 N–H and O–H groups in total. The average Bonchev–Trinajstić information content (AvgIpc) is 2.95. The second kappa shape index (κ2) is 6.60. The number of aromatic nitrogens is 1. The molecule has 4 rings (SSSR count). The fraction of sp³-hybridized carbons (Fsp3) is 0.190. The van der Waals surface area contributed by atoms with Crippen molar-refractivity contribution >= 4 is 26.3 Å². The first kappa shape index (κ1) is 18.4. The summed E-state index contributed by atoms with van der Waals surface area (Å²) in [6.45, 7) is 4.00. The third kappa shape index (κ3) is 3.45. The lowest BCUT2D eigenvalue weighted by atomic mass is 10.0. The Morgan fingerprint density at radius 3 is 2.57 bits per heavy atom. The largest absolute Gasteiger partial charge is 0.377 e. The zero-order valence-corrected chi connectivity index (χ0v) is 16.2. The van der Waals surface area contributed by atoms with Crippen LogP contribution in [0.4, 0.5) is 10.1 Å². The predicted octanol–water partition coefficient (Wildman–Crippen LogP) is 3.67. The molecule has 2 aromatic carbocycles. The van der Waals surface area contributed by atoms with Crippen molar-refractivity contribution in [3.05, 3.63) is 75.2 Å². The second-order valence-electron chi connectivity index (χ2n) is 7.14. The number of H-pyrrole nitrogens is 1. The molecule has 0 saturated carbocycles. The molecular weight excluding hydrogens is 379 g/mol. The summed E-state index contributed by atoms with van der Waals surface area (Å²) in [5.74, 6) is -0.625. The third-order valence-electron chi connectivity index (χ3n) is 5.00. The van der Waals surface area contributed by atoms with E-state index in [9.17, 15) is 17.6 Å². The molecule has 0 bridgehead atoms. The van der Waals surface area contributed by atoms with Gasteiger partial charge in [-0.15, -0.1) is 0 Å². The molecule has 0 spiro atoms. The van der Waals surface area contributed by atoms with E-state index >= 15 is 0 Å². The van der Waals surface area contributed by atoms with Crippen LogP contribution in [-0.2, 0) is 9.84 Å². The first-order valence-electron chi connectivity index (χ1n) is 8.83. The lowest BCUT2D eigenvalue weighted by Crippen LogP contribution is -2.22. The van der Waals surface area contributed by atoms with Gasteiger partial charge in [0.1, 0.15) is 5.82 Å². The van der Waals surface area contributed by atoms with Crippen LogP contribution in [0, 0.1) is 19.7 Å². The molecule has 0 radical (unpaired) electrons. The molecule has 7 heteroatoms. The van der Waals surface area contributed by atoms with E-state index in [1.807, 2.05) is 32.0 Å². The Bertz CT molecular complexity index is 1290. The molecule has 3 aromatic rings. The molecule has 1 aromatic heterocycles. The van der Waals surface area contributed by atoms with Crippen molar-refractivity contribution in [3.63, 3.8) is 0 Å². The Kier molecular flexibility index (Phi) is 4.34. The highest BCUT2D eigenvalue weighted by atomic mass is 32.2. The van der Waals surface area contributed by atoms with E-state index in [2.05, 4.69) is 10.3 Å². The molecule has 0 unspecified atom stereocenters. The Balaban J connectivity index is 1.82. The molecule has 0 fully saturated rings. The summed E-state index contributed by atoms with van der Waals surface area (Å²) in [4.78, 5) is 15.7. The van der Waals surface area contributed by atoms with Gasteiger partial charge in [0.05, 0.1) is 22.9 Å². The van der Waals surface area contributed by atoms with Crippen LogP contribution in [-0.4, -0.2) is 25.2 Å². The topological polar surface area (TPSA) is 79.0 Å². The van der Waals surface area contributed by atoms with E-state index in [0.717, 1.165) is 22.1 Å². The van der Waals surface area contributed by atoms with Gasteiger partial charge in [0.15, 0.2) is 9.84 Å². The first-order valence-corrected chi connectivity index (χ1v) is 10.5. The summed E-state index contributed by atoms with van der Waals surface area (Å²) in [7, 11) is -3.26. The molecule has 28 heavy (non-hydrogen) atoms. The Morgan fingerprint density at radius 2 is 1.89 bits per heavy atom. The minimum Gasteiger partial charge on any atom is -0.377 e. The predicted molar refractivity (Wildman–Crippen MR) is 110 cm³/mol. The monoisotopic (exact) mass is 398 g/mol. The second-order valence-corrected chi connectivity index (χ2v) is 9.07. The van der Waals surface area contributed by atoms with Crippen molar-refractivity contribution in [2.75, 3.05) is 11.1 Å². The maximum atomic E-state index is 14.2. The summed E-state index contributed by atoms with van der Waals surface area (Å²) in [6.07, 6.45) is 1.50. The maximum Gasteiger partial charge on any atom is 0.258 e. The molecular formula is C21H19FN2O3S. The Labute approximate surface area is 161 Å². The number of anilines is 1. The number of aromatic amines is 1. The molecule has 1 aliphatic heterocycles. The molecule has 2 heterocycles. The van der Waals surface area contributed by atoms with E-state index in [-0.39, 0.29) is 17.0 Å². The number of nitrogens with one attached hydrogen (secondary N) is 2. The maximum absolute atomic E-state index is 14.2. The number of hydrogen-bond donors (Lipinski definition) is 2. The first-order chi connectivity index (χ1) is 13.2. The van der Waals surface area contributed by atoms with Gasteiger partial charge < -0.3 is 10.3 Å². The van der Waals surface area contributed by atoms with Crippen molar-refractivity contribution in [2.45, 2.75) is 19.9 Å². The SMILES string of the molecule is Cc1ccc(-c2cc3cc(F)cc(N[C@@H]4C=CS(=O)(=O)C4)c3c(=O)[nH]2)cc1C. The minimum atomic E-state index is -3.26. The van der Waals surface area contributed by atoms with Crippen molar-refractivity contribution in [2.24, 2.45) is 0 Å². The smallest absolute Gasteiger partial charge is 0.258 e. The van der Waals surface area contributed by atoms with Gasteiger partial charge in [-0.1, -0.05) is 18.2 Å². The Morgan fingerprint density at radius 1 is 1.11 bits per heavy atom. The number of rotatable bonds is 3. The van der Waals surface area contributed by atoms with Gasteiger partial charge in [0, 0.05) is 11.1 Å². The molecule has 1 aliphatic rings. The van der Waals surface area contributed by atoms with Gasteiger partial charge in [-0.3, -0.25) is 4.79 Å². The zero-order valence-electron chi connectivity index (χ0n) is 15.4. The van der Waals surface area contributed by atoms with Crippen LogP contribution >= 0.6 is 0 Å². The van der Waals surface area contributed by atoms with Gasteiger partial charge in [0.2, 0.25) is 0 Å². The van der Waals surface area contributed by atoms with Gasteiger partial charge in [-0.25, -0.2) is 12.8 Å². The molecule has 0 amide bonds. The van der Waals surface area contributed by atoms with E-state index in [0.29, 0.717) is 16.5 Å². The molecule has 0 saturated heterocycles. The number of pyridine rings is 1. The average molecular weight is 398 g/mol. The Hall–Kier alpha value is -2.93. The van der Waals surface area contributed by atoms with Gasteiger partial charge in [0.25, 0.3) is 5.56 Å². The summed E-state index contributed by atoms with van der Waals surface area (Å²) >= 11 is 0. The highest BCUT2D eigenvalue weighted by molar-refractivity contribution is 7.94. The highest BCUT2D eigenvalue weighted by Crippen LogP contribution is 2.28. The van der Waals surface area contributed by atoms with Crippen LogP contribution in [0.3, 0.4) is 0 Å². The van der Waals surface area contributed by atoms with Crippen LogP contribution < -0.4 is 10.9 Å². The van der Waals surface area contributed by atoms with E-state index in [4.69, 9.17) is 0 Å². The number of halogens is 1. The van der Waals surface area contributed by atoms with Gasteiger partial charge >= 0.3 is 0 Å². The number of hydrogen-bond acceptors (Lipinski definition) is 4. The number of sulfone groups is 1. The van der Waals surface area contributed by atoms with Crippen molar-refractivity contribution in [3.8, 4) is 11.3 Å². The van der Waals surface area contributed by atoms with Crippen LogP contribution in [0.15, 0.2) is 52.7 Å². The summed E-state index contributed by atoms with van der Waals surface area (Å²) in [5, 5.41) is 4.85. The van der Waals surface area contributed by atoms with Crippen LogP contribution in [0.25, 0.3) is 22.0 Å². The van der Waals surface area contributed by atoms with Gasteiger partial charge in [-0.2, -0.15) is 0 Å². The van der Waals surface area contributed by atoms with Crippen molar-refractivity contribution in [1.29, 1.82) is 0 Å². The molecule has 0 aliphatic carbocycles. The number of fused-ring (bicyclic) bond motifs is 1. The highest BCUT2D eigenvalue weighted by Gasteiger charge is 2.22. The normalized spacial score (nSPS) is 17.9. The lowest BCUT2D eigenvalue weighted by molar-refractivity contribution is 0.605. The summed E-state index contributed by atoms with van der Waals surface area (Å²) in [5.41, 5.74) is 3.58. The molecule has 5 nitrogen and oxygen atoms in total. The van der Waals surface area contributed by atoms with Gasteiger partial charge in [-0.05, 0) is 60.2 Å². The minimum absolute atomic E-state index is 0.121. The fourth-order valence-corrected chi connectivity index (χ4v) is 4.65. The molecule has 1 atom stereocenters. The van der Waals surface area contributed by atoms with E-state index < -0.39 is 21.7 Å². The van der Waals surface area contributed by atoms with Crippen molar-refractivity contribution in [1.82, 2.24) is 4.98 Å². The quantitative estimate of drug-likeness (QED) is 0.706. The van der Waals surface area contributed by atoms with Crippen molar-refractivity contribution < 1.29 is 12.8 Å². The van der Waals surface area contributed by atoms with Crippen LogP contribution in [0.2, 0.25) is 0 Å². The lowest BCUT2D eigenvalue weighted by Gasteiger charge is -2.15. The van der Waals surface area contributed by atoms with E-state index in [1.54, 1.807) is 6.07 Å². The number of aryl methyl sites for hydroxylation is 2. The standard InChI is InChI=1S/C21H19FN2O3S/c1-12-3-4-14(7-13(12)2)18-9-15-8-16(22)10-19(20(15)21(25)24-18)23-17-5-6-28(26,27)11-17/h3-10,17,23H,11H2,1-2H3,(H,24,25)/t17-/m1/s1. The van der Waals surface area contributed by atoms with Crippen LogP contribution in [0.1, 0.15) is 11.1 Å². The number of benzene rings is 2. The summed E-state index contributed by atoms with van der Waals surface area (Å²) in [6, 6.07) is 9.60. The van der Waals surface area contributed by atoms with Crippen LogP contribution in [0.5, 0.6) is 0 Å². The summed E-state index contributed by atoms with van der Waals surface area (Å²) < 4.78 is 37.4. The zero-order chi connectivity index (χ0) is 20.1. The fourth-order valence-electron chi connectivity index (χ4n) is 3.42.